The molecule has 0 fully saturated rings. The predicted octanol–water partition coefficient (Wildman–Crippen LogP) is 4.59. The lowest BCUT2D eigenvalue weighted by atomic mass is 10.1. The van der Waals surface area contributed by atoms with Crippen molar-refractivity contribution in [3.8, 4) is 0 Å². The number of ether oxygens (including phenoxy) is 1. The average Bonchev–Trinajstić information content (AvgIpc) is 2.25. The van der Waals surface area contributed by atoms with Gasteiger partial charge in [-0.25, -0.2) is 0 Å². The fourth-order valence-corrected chi connectivity index (χ4v) is 1.55. The lowest BCUT2D eigenvalue weighted by Crippen LogP contribution is -2.04. The van der Waals surface area contributed by atoms with Gasteiger partial charge in [-0.15, -0.1) is 0 Å². The van der Waals surface area contributed by atoms with Gasteiger partial charge in [0.15, 0.2) is 0 Å². The molecular formula is C14H26O2. The normalized spacial score (nSPS) is 11.6. The van der Waals surface area contributed by atoms with Gasteiger partial charge in [-0.1, -0.05) is 40.0 Å². The number of unbranched alkanes of at least 4 members (excludes halogenated alkanes) is 3. The van der Waals surface area contributed by atoms with E-state index in [0.717, 1.165) is 31.4 Å². The monoisotopic (exact) mass is 226 g/mol. The van der Waals surface area contributed by atoms with Gasteiger partial charge in [0.1, 0.15) is 5.76 Å². The summed E-state index contributed by atoms with van der Waals surface area (Å²) in [6, 6.07) is 0. The number of esters is 1. The highest BCUT2D eigenvalue weighted by Crippen LogP contribution is 2.13. The minimum atomic E-state index is -0.0855. The van der Waals surface area contributed by atoms with Crippen molar-refractivity contribution < 1.29 is 9.53 Å². The van der Waals surface area contributed by atoms with Gasteiger partial charge in [-0.2, -0.15) is 0 Å². The van der Waals surface area contributed by atoms with Crippen LogP contribution in [0.5, 0.6) is 0 Å². The maximum atomic E-state index is 11.4. The molecule has 94 valence electrons. The molecule has 0 heterocycles. The third-order valence-electron chi connectivity index (χ3n) is 2.41. The summed E-state index contributed by atoms with van der Waals surface area (Å²) >= 11 is 0. The van der Waals surface area contributed by atoms with Gasteiger partial charge < -0.3 is 4.74 Å². The molecule has 0 saturated carbocycles. The van der Waals surface area contributed by atoms with Gasteiger partial charge in [0.2, 0.25) is 0 Å². The molecule has 0 amide bonds. The summed E-state index contributed by atoms with van der Waals surface area (Å²) in [5, 5.41) is 0. The zero-order chi connectivity index (χ0) is 12.2. The SMILES string of the molecule is CCC=C(CCCCCC)OC(=O)CCC. The predicted molar refractivity (Wildman–Crippen MR) is 68.1 cm³/mol. The molecule has 2 heteroatoms. The minimum absolute atomic E-state index is 0.0855. The van der Waals surface area contributed by atoms with E-state index < -0.39 is 0 Å². The van der Waals surface area contributed by atoms with Crippen LogP contribution in [0, 0.1) is 0 Å². The summed E-state index contributed by atoms with van der Waals surface area (Å²) in [7, 11) is 0. The van der Waals surface area contributed by atoms with E-state index in [1.54, 1.807) is 0 Å². The van der Waals surface area contributed by atoms with Gasteiger partial charge in [0.25, 0.3) is 0 Å². The first-order chi connectivity index (χ1) is 7.74. The van der Waals surface area contributed by atoms with Crippen molar-refractivity contribution in [2.75, 3.05) is 0 Å². The van der Waals surface area contributed by atoms with Crippen LogP contribution in [0.15, 0.2) is 11.8 Å². The third-order valence-corrected chi connectivity index (χ3v) is 2.41. The van der Waals surface area contributed by atoms with E-state index in [9.17, 15) is 4.79 Å². The Labute approximate surface area is 100 Å². The maximum absolute atomic E-state index is 11.4. The molecule has 0 aromatic rings. The Bertz CT molecular complexity index is 207. The number of allylic oxidation sites excluding steroid dienone is 2. The Morgan fingerprint density at radius 2 is 1.75 bits per heavy atom. The zero-order valence-electron chi connectivity index (χ0n) is 11.1. The smallest absolute Gasteiger partial charge is 0.310 e. The molecule has 0 radical (unpaired) electrons. The van der Waals surface area contributed by atoms with Crippen LogP contribution >= 0.6 is 0 Å². The van der Waals surface area contributed by atoms with Crippen LogP contribution in [0.1, 0.15) is 72.1 Å². The second-order valence-corrected chi connectivity index (χ2v) is 4.11. The van der Waals surface area contributed by atoms with E-state index in [1.807, 2.05) is 13.0 Å². The molecule has 0 spiro atoms. The van der Waals surface area contributed by atoms with Crippen molar-refractivity contribution in [3.05, 3.63) is 11.8 Å². The summed E-state index contributed by atoms with van der Waals surface area (Å²) in [6.45, 7) is 6.26. The molecule has 0 saturated heterocycles. The molecule has 0 atom stereocenters. The van der Waals surface area contributed by atoms with Crippen molar-refractivity contribution in [1.82, 2.24) is 0 Å². The standard InChI is InChI=1S/C14H26O2/c1-4-7-8-9-12-13(10-5-2)16-14(15)11-6-3/h10H,4-9,11-12H2,1-3H3. The summed E-state index contributed by atoms with van der Waals surface area (Å²) in [5.74, 6) is 0.787. The number of carbonyl (C=O) groups excluding carboxylic acids is 1. The highest BCUT2D eigenvalue weighted by Gasteiger charge is 2.05. The number of hydrogen-bond acceptors (Lipinski definition) is 2. The molecule has 0 aromatic heterocycles. The highest BCUT2D eigenvalue weighted by atomic mass is 16.5. The van der Waals surface area contributed by atoms with Crippen molar-refractivity contribution in [3.63, 3.8) is 0 Å². The van der Waals surface area contributed by atoms with Crippen molar-refractivity contribution in [2.24, 2.45) is 0 Å². The van der Waals surface area contributed by atoms with Crippen molar-refractivity contribution in [2.45, 2.75) is 72.1 Å². The van der Waals surface area contributed by atoms with E-state index >= 15 is 0 Å². The summed E-state index contributed by atoms with van der Waals surface area (Å²) < 4.78 is 5.33. The lowest BCUT2D eigenvalue weighted by Gasteiger charge is -2.08. The number of rotatable bonds is 9. The second-order valence-electron chi connectivity index (χ2n) is 4.11. The fraction of sp³-hybridized carbons (Fsp3) is 0.786. The Hall–Kier alpha value is -0.790. The molecular weight excluding hydrogens is 200 g/mol. The topological polar surface area (TPSA) is 26.3 Å². The largest absolute Gasteiger partial charge is 0.431 e. The molecule has 0 aliphatic rings. The van der Waals surface area contributed by atoms with E-state index in [2.05, 4.69) is 13.8 Å². The van der Waals surface area contributed by atoms with Crippen LogP contribution in [0.2, 0.25) is 0 Å². The van der Waals surface area contributed by atoms with Gasteiger partial charge >= 0.3 is 5.97 Å². The lowest BCUT2D eigenvalue weighted by molar-refractivity contribution is -0.139. The molecule has 0 aliphatic heterocycles. The zero-order valence-corrected chi connectivity index (χ0v) is 11.1. The fourth-order valence-electron chi connectivity index (χ4n) is 1.55. The van der Waals surface area contributed by atoms with Gasteiger partial charge in [-0.3, -0.25) is 4.79 Å². The van der Waals surface area contributed by atoms with Crippen LogP contribution in [0.25, 0.3) is 0 Å². The van der Waals surface area contributed by atoms with Gasteiger partial charge in [-0.05, 0) is 25.3 Å². The molecule has 0 unspecified atom stereocenters. The molecule has 0 rings (SSSR count). The summed E-state index contributed by atoms with van der Waals surface area (Å²) in [6.07, 6.45) is 10.1. The number of carbonyl (C=O) groups is 1. The molecule has 0 aliphatic carbocycles. The van der Waals surface area contributed by atoms with E-state index in [-0.39, 0.29) is 5.97 Å². The van der Waals surface area contributed by atoms with Crippen LogP contribution in [-0.4, -0.2) is 5.97 Å². The average molecular weight is 226 g/mol. The minimum Gasteiger partial charge on any atom is -0.431 e. The second kappa shape index (κ2) is 10.7. The van der Waals surface area contributed by atoms with Crippen LogP contribution in [0.3, 0.4) is 0 Å². The van der Waals surface area contributed by atoms with Crippen LogP contribution in [-0.2, 0) is 9.53 Å². The van der Waals surface area contributed by atoms with E-state index in [1.165, 1.54) is 19.3 Å². The van der Waals surface area contributed by atoms with Crippen molar-refractivity contribution >= 4 is 5.97 Å². The maximum Gasteiger partial charge on any atom is 0.310 e. The summed E-state index contributed by atoms with van der Waals surface area (Å²) in [5.41, 5.74) is 0. The highest BCUT2D eigenvalue weighted by molar-refractivity contribution is 5.70. The molecule has 0 N–H and O–H groups in total. The first-order valence-electron chi connectivity index (χ1n) is 6.64. The Morgan fingerprint density at radius 1 is 1.00 bits per heavy atom. The third kappa shape index (κ3) is 8.51. The Kier molecular flexibility index (Phi) is 10.2. The van der Waals surface area contributed by atoms with Crippen LogP contribution in [0.4, 0.5) is 0 Å². The van der Waals surface area contributed by atoms with E-state index in [4.69, 9.17) is 4.74 Å². The summed E-state index contributed by atoms with van der Waals surface area (Å²) in [4.78, 5) is 11.4. The molecule has 0 bridgehead atoms. The number of hydrogen-bond donors (Lipinski definition) is 0. The van der Waals surface area contributed by atoms with Gasteiger partial charge in [0.05, 0.1) is 0 Å². The van der Waals surface area contributed by atoms with Gasteiger partial charge in [0, 0.05) is 12.8 Å². The molecule has 0 aromatic carbocycles. The molecule has 2 nitrogen and oxygen atoms in total. The Balaban J connectivity index is 3.88. The van der Waals surface area contributed by atoms with Crippen molar-refractivity contribution in [1.29, 1.82) is 0 Å². The van der Waals surface area contributed by atoms with E-state index in [0.29, 0.717) is 6.42 Å². The first-order valence-corrected chi connectivity index (χ1v) is 6.64. The quantitative estimate of drug-likeness (QED) is 0.326. The van der Waals surface area contributed by atoms with Crippen LogP contribution < -0.4 is 0 Å². The first kappa shape index (κ1) is 15.2. The Morgan fingerprint density at radius 3 is 2.31 bits per heavy atom. The molecule has 16 heavy (non-hydrogen) atoms.